The lowest BCUT2D eigenvalue weighted by molar-refractivity contribution is 0.403. The number of anilines is 1. The second-order valence-corrected chi connectivity index (χ2v) is 7.83. The first-order valence-electron chi connectivity index (χ1n) is 6.03. The molecule has 0 spiro atoms. The minimum Gasteiger partial charge on any atom is -0.495 e. The molecule has 0 saturated carbocycles. The fraction of sp³-hybridized carbons (Fsp3) is 0.333. The summed E-state index contributed by atoms with van der Waals surface area (Å²) in [6.45, 7) is 3.88. The maximum absolute atomic E-state index is 12.4. The normalized spacial score (nSPS) is 11.7. The van der Waals surface area contributed by atoms with Crippen LogP contribution >= 0.6 is 27.5 Å². The van der Waals surface area contributed by atoms with Gasteiger partial charge in [0.1, 0.15) is 16.5 Å². The monoisotopic (exact) mass is 391 g/mol. The molecule has 0 fully saturated rings. The summed E-state index contributed by atoms with van der Waals surface area (Å²) in [4.78, 5) is 4.21. The molecule has 1 aromatic carbocycles. The van der Waals surface area contributed by atoms with Crippen LogP contribution in [-0.4, -0.2) is 24.9 Å². The van der Waals surface area contributed by atoms with E-state index in [1.165, 1.54) is 13.2 Å². The quantitative estimate of drug-likeness (QED) is 0.845. The zero-order valence-electron chi connectivity index (χ0n) is 11.6. The van der Waals surface area contributed by atoms with Crippen molar-refractivity contribution >= 4 is 42.6 Å². The van der Waals surface area contributed by atoms with Gasteiger partial charge in [-0.2, -0.15) is 4.37 Å². The molecule has 1 aromatic heterocycles. The minimum absolute atomic E-state index is 0.0423. The van der Waals surface area contributed by atoms with Crippen LogP contribution in [0.5, 0.6) is 5.75 Å². The highest BCUT2D eigenvalue weighted by atomic mass is 79.9. The van der Waals surface area contributed by atoms with Crippen molar-refractivity contribution in [3.05, 3.63) is 28.5 Å². The van der Waals surface area contributed by atoms with Gasteiger partial charge in [-0.15, -0.1) is 0 Å². The molecule has 0 aliphatic carbocycles. The number of rotatable bonds is 5. The van der Waals surface area contributed by atoms with Crippen molar-refractivity contribution in [2.45, 2.75) is 24.7 Å². The minimum atomic E-state index is -3.79. The van der Waals surface area contributed by atoms with E-state index in [0.29, 0.717) is 10.3 Å². The molecule has 9 heteroatoms. The summed E-state index contributed by atoms with van der Waals surface area (Å²) in [5, 5.41) is 0.237. The van der Waals surface area contributed by atoms with Gasteiger partial charge in [0.15, 0.2) is 0 Å². The van der Waals surface area contributed by atoms with E-state index in [2.05, 4.69) is 30.0 Å². The van der Waals surface area contributed by atoms with E-state index in [1.54, 1.807) is 12.1 Å². The van der Waals surface area contributed by atoms with Crippen LogP contribution in [0.1, 0.15) is 25.6 Å². The number of halogens is 1. The lowest BCUT2D eigenvalue weighted by Crippen LogP contribution is -2.14. The summed E-state index contributed by atoms with van der Waals surface area (Å²) in [7, 11) is -2.37. The molecular formula is C12H14BrN3O3S2. The Balaban J connectivity index is 2.35. The first-order chi connectivity index (χ1) is 9.83. The smallest absolute Gasteiger partial charge is 0.267 e. The van der Waals surface area contributed by atoms with Crippen LogP contribution < -0.4 is 9.46 Å². The maximum Gasteiger partial charge on any atom is 0.267 e. The van der Waals surface area contributed by atoms with Crippen LogP contribution in [0.2, 0.25) is 0 Å². The summed E-state index contributed by atoms with van der Waals surface area (Å²) < 4.78 is 37.2. The molecule has 0 aliphatic rings. The van der Waals surface area contributed by atoms with Gasteiger partial charge in [0, 0.05) is 21.9 Å². The van der Waals surface area contributed by atoms with Gasteiger partial charge in [-0.3, -0.25) is 4.72 Å². The Kier molecular flexibility index (Phi) is 4.84. The second-order valence-electron chi connectivity index (χ2n) is 4.51. The van der Waals surface area contributed by atoms with E-state index >= 15 is 0 Å². The molecule has 0 bridgehead atoms. The predicted octanol–water partition coefficient (Wildman–Crippen LogP) is 3.23. The van der Waals surface area contributed by atoms with Crippen molar-refractivity contribution in [2.75, 3.05) is 11.8 Å². The Bertz CT molecular complexity index is 744. The van der Waals surface area contributed by atoms with Crippen LogP contribution in [0, 0.1) is 0 Å². The largest absolute Gasteiger partial charge is 0.495 e. The lowest BCUT2D eigenvalue weighted by atomic mass is 10.2. The van der Waals surface area contributed by atoms with Crippen molar-refractivity contribution < 1.29 is 13.2 Å². The van der Waals surface area contributed by atoms with Crippen LogP contribution in [0.15, 0.2) is 27.6 Å². The Morgan fingerprint density at radius 1 is 1.38 bits per heavy atom. The van der Waals surface area contributed by atoms with E-state index in [1.807, 2.05) is 13.8 Å². The van der Waals surface area contributed by atoms with E-state index in [0.717, 1.165) is 11.5 Å². The Hall–Kier alpha value is -1.19. The molecule has 0 saturated heterocycles. The van der Waals surface area contributed by atoms with E-state index in [-0.39, 0.29) is 21.7 Å². The van der Waals surface area contributed by atoms with Crippen molar-refractivity contribution in [1.29, 1.82) is 0 Å². The zero-order chi connectivity index (χ0) is 15.6. The summed E-state index contributed by atoms with van der Waals surface area (Å²) in [5.41, 5.74) is 0. The summed E-state index contributed by atoms with van der Waals surface area (Å²) in [6.07, 6.45) is 0. The molecule has 6 nitrogen and oxygen atoms in total. The SMILES string of the molecule is COc1ccc(Br)cc1S(=O)(=O)Nc1nc(C(C)C)ns1. The molecule has 2 rings (SSSR count). The Morgan fingerprint density at radius 3 is 2.67 bits per heavy atom. The number of hydrogen-bond acceptors (Lipinski definition) is 6. The molecule has 0 radical (unpaired) electrons. The number of nitrogens with zero attached hydrogens (tertiary/aromatic N) is 2. The van der Waals surface area contributed by atoms with Crippen LogP contribution in [0.4, 0.5) is 5.13 Å². The van der Waals surface area contributed by atoms with Gasteiger partial charge in [0.05, 0.1) is 7.11 Å². The van der Waals surface area contributed by atoms with Gasteiger partial charge in [-0.05, 0) is 18.2 Å². The van der Waals surface area contributed by atoms with Gasteiger partial charge >= 0.3 is 0 Å². The highest BCUT2D eigenvalue weighted by Crippen LogP contribution is 2.29. The second kappa shape index (κ2) is 6.29. The Morgan fingerprint density at radius 2 is 2.10 bits per heavy atom. The van der Waals surface area contributed by atoms with E-state index in [4.69, 9.17) is 4.74 Å². The fourth-order valence-electron chi connectivity index (χ4n) is 1.54. The standard InChI is InChI=1S/C12H14BrN3O3S2/c1-7(2)11-14-12(20-15-11)16-21(17,18)10-6-8(13)4-5-9(10)19-3/h4-7H,1-3H3,(H,14,15,16). The van der Waals surface area contributed by atoms with Crippen molar-refractivity contribution in [3.63, 3.8) is 0 Å². The molecule has 21 heavy (non-hydrogen) atoms. The summed E-state index contributed by atoms with van der Waals surface area (Å²) >= 11 is 4.27. The third kappa shape index (κ3) is 3.72. The fourth-order valence-corrected chi connectivity index (χ4v) is 4.18. The first kappa shape index (κ1) is 16.2. The molecule has 0 amide bonds. The molecule has 2 aromatic rings. The van der Waals surface area contributed by atoms with E-state index < -0.39 is 10.0 Å². The topological polar surface area (TPSA) is 81.2 Å². The molecule has 1 N–H and O–H groups in total. The Labute approximate surface area is 135 Å². The predicted molar refractivity (Wildman–Crippen MR) is 85.5 cm³/mol. The number of aromatic nitrogens is 2. The van der Waals surface area contributed by atoms with Crippen LogP contribution in [-0.2, 0) is 10.0 Å². The maximum atomic E-state index is 12.4. The van der Waals surface area contributed by atoms with Gasteiger partial charge < -0.3 is 4.74 Å². The molecular weight excluding hydrogens is 378 g/mol. The lowest BCUT2D eigenvalue weighted by Gasteiger charge is -2.10. The summed E-state index contributed by atoms with van der Waals surface area (Å²) in [5.74, 6) is 1.01. The highest BCUT2D eigenvalue weighted by Gasteiger charge is 2.22. The van der Waals surface area contributed by atoms with Gasteiger partial charge in [-0.25, -0.2) is 13.4 Å². The third-order valence-corrected chi connectivity index (χ3v) is 5.22. The van der Waals surface area contributed by atoms with Gasteiger partial charge in [0.2, 0.25) is 5.13 Å². The molecule has 0 aliphatic heterocycles. The number of methoxy groups -OCH3 is 1. The van der Waals surface area contributed by atoms with Crippen molar-refractivity contribution in [2.24, 2.45) is 0 Å². The van der Waals surface area contributed by atoms with Crippen LogP contribution in [0.3, 0.4) is 0 Å². The van der Waals surface area contributed by atoms with Gasteiger partial charge in [-0.1, -0.05) is 29.8 Å². The molecule has 1 heterocycles. The van der Waals surface area contributed by atoms with Crippen molar-refractivity contribution in [3.8, 4) is 5.75 Å². The zero-order valence-corrected chi connectivity index (χ0v) is 14.8. The molecule has 0 atom stereocenters. The number of benzene rings is 1. The van der Waals surface area contributed by atoms with E-state index in [9.17, 15) is 8.42 Å². The third-order valence-electron chi connectivity index (χ3n) is 2.59. The number of ether oxygens (including phenoxy) is 1. The first-order valence-corrected chi connectivity index (χ1v) is 9.08. The average molecular weight is 392 g/mol. The average Bonchev–Trinajstić information content (AvgIpc) is 2.86. The number of sulfonamides is 1. The van der Waals surface area contributed by atoms with Crippen LogP contribution in [0.25, 0.3) is 0 Å². The summed E-state index contributed by atoms with van der Waals surface area (Å²) in [6, 6.07) is 4.77. The molecule has 0 unspecified atom stereocenters. The number of hydrogen-bond donors (Lipinski definition) is 1. The van der Waals surface area contributed by atoms with Gasteiger partial charge in [0.25, 0.3) is 10.0 Å². The highest BCUT2D eigenvalue weighted by molar-refractivity contribution is 9.10. The van der Waals surface area contributed by atoms with Crippen molar-refractivity contribution in [1.82, 2.24) is 9.36 Å². The molecule has 114 valence electrons. The number of nitrogens with one attached hydrogen (secondary N) is 1.